The van der Waals surface area contributed by atoms with Crippen molar-refractivity contribution >= 4 is 21.6 Å². The Morgan fingerprint density at radius 2 is 2.16 bits per heavy atom. The lowest BCUT2D eigenvalue weighted by Gasteiger charge is -2.13. The van der Waals surface area contributed by atoms with Gasteiger partial charge in [0.2, 0.25) is 10.0 Å². The second kappa shape index (κ2) is 7.16. The van der Waals surface area contributed by atoms with Crippen molar-refractivity contribution in [3.63, 3.8) is 0 Å². The third-order valence-corrected chi connectivity index (χ3v) is 4.17. The summed E-state index contributed by atoms with van der Waals surface area (Å²) in [6.07, 6.45) is 0.540. The summed E-state index contributed by atoms with van der Waals surface area (Å²) in [6.45, 7) is 0.750. The topological polar surface area (TPSA) is 58.6 Å². The molecule has 108 valence electrons. The number of nitrogens with zero attached hydrogens (tertiary/aromatic N) is 1. The molecular formula is C11H16ClFN2O3S. The molecule has 0 aromatic heterocycles. The van der Waals surface area contributed by atoms with Gasteiger partial charge in [0.15, 0.2) is 0 Å². The van der Waals surface area contributed by atoms with Gasteiger partial charge >= 0.3 is 0 Å². The van der Waals surface area contributed by atoms with Gasteiger partial charge in [-0.2, -0.15) is 5.06 Å². The maximum Gasteiger partial charge on any atom is 0.243 e. The van der Waals surface area contributed by atoms with Gasteiger partial charge in [-0.3, -0.25) is 0 Å². The highest BCUT2D eigenvalue weighted by Crippen LogP contribution is 2.18. The van der Waals surface area contributed by atoms with Crippen molar-refractivity contribution in [2.75, 3.05) is 27.2 Å². The first-order valence-corrected chi connectivity index (χ1v) is 7.43. The molecule has 0 amide bonds. The summed E-state index contributed by atoms with van der Waals surface area (Å²) < 4.78 is 39.5. The van der Waals surface area contributed by atoms with Crippen molar-refractivity contribution in [3.8, 4) is 0 Å². The zero-order valence-corrected chi connectivity index (χ0v) is 12.3. The standard InChI is InChI=1S/C11H16ClFN2O3S/c1-15(18-2)7-3-6-14-19(16,17)11-5-4-9(12)8-10(11)13/h4-5,8,14H,3,6-7H2,1-2H3. The molecule has 8 heteroatoms. The molecule has 0 atom stereocenters. The maximum atomic E-state index is 13.5. The van der Waals surface area contributed by atoms with Crippen molar-refractivity contribution in [2.45, 2.75) is 11.3 Å². The molecule has 1 N–H and O–H groups in total. The first-order chi connectivity index (χ1) is 8.86. The van der Waals surface area contributed by atoms with E-state index < -0.39 is 20.7 Å². The summed E-state index contributed by atoms with van der Waals surface area (Å²) in [5, 5.41) is 1.72. The molecule has 19 heavy (non-hydrogen) atoms. The van der Waals surface area contributed by atoms with Gasteiger partial charge < -0.3 is 4.84 Å². The Bertz CT molecular complexity index is 525. The van der Waals surface area contributed by atoms with Crippen LogP contribution in [0.15, 0.2) is 23.1 Å². The number of nitrogens with one attached hydrogen (secondary N) is 1. The third kappa shape index (κ3) is 5.04. The van der Waals surface area contributed by atoms with Crippen molar-refractivity contribution < 1.29 is 17.6 Å². The van der Waals surface area contributed by atoms with E-state index in [0.717, 1.165) is 12.1 Å². The molecule has 0 saturated carbocycles. The summed E-state index contributed by atoms with van der Waals surface area (Å²) in [5.74, 6) is -0.867. The predicted octanol–water partition coefficient (Wildman–Crippen LogP) is 1.64. The average molecular weight is 311 g/mol. The second-order valence-corrected chi connectivity index (χ2v) is 6.03. The second-order valence-electron chi connectivity index (χ2n) is 3.86. The molecule has 1 aromatic rings. The van der Waals surface area contributed by atoms with Crippen LogP contribution in [-0.4, -0.2) is 40.7 Å². The molecule has 1 aromatic carbocycles. The minimum Gasteiger partial charge on any atom is -0.303 e. The van der Waals surface area contributed by atoms with E-state index in [1.807, 2.05) is 0 Å². The van der Waals surface area contributed by atoms with Crippen LogP contribution in [-0.2, 0) is 14.9 Å². The molecule has 0 heterocycles. The van der Waals surface area contributed by atoms with Crippen molar-refractivity contribution in [3.05, 3.63) is 29.0 Å². The van der Waals surface area contributed by atoms with Crippen LogP contribution in [0.1, 0.15) is 6.42 Å². The fourth-order valence-electron chi connectivity index (χ4n) is 1.37. The first kappa shape index (κ1) is 16.3. The summed E-state index contributed by atoms with van der Waals surface area (Å²) in [6, 6.07) is 3.44. The number of hydrogen-bond donors (Lipinski definition) is 1. The quantitative estimate of drug-likeness (QED) is 0.614. The number of hydroxylamine groups is 2. The van der Waals surface area contributed by atoms with E-state index >= 15 is 0 Å². The van der Waals surface area contributed by atoms with E-state index in [-0.39, 0.29) is 11.6 Å². The van der Waals surface area contributed by atoms with E-state index in [1.54, 1.807) is 12.1 Å². The Balaban J connectivity index is 2.61. The first-order valence-electron chi connectivity index (χ1n) is 5.57. The Labute approximate surface area is 117 Å². The number of rotatable bonds is 7. The number of hydrogen-bond acceptors (Lipinski definition) is 4. The van der Waals surface area contributed by atoms with Gasteiger partial charge in [0, 0.05) is 25.2 Å². The normalized spacial score (nSPS) is 12.1. The Kier molecular flexibility index (Phi) is 6.15. The largest absolute Gasteiger partial charge is 0.303 e. The van der Waals surface area contributed by atoms with Gasteiger partial charge in [-0.05, 0) is 24.6 Å². The van der Waals surface area contributed by atoms with Gasteiger partial charge in [-0.25, -0.2) is 17.5 Å². The van der Waals surface area contributed by atoms with Crippen molar-refractivity contribution in [2.24, 2.45) is 0 Å². The van der Waals surface area contributed by atoms with Crippen molar-refractivity contribution in [1.29, 1.82) is 0 Å². The van der Waals surface area contributed by atoms with Gasteiger partial charge in [-0.15, -0.1) is 0 Å². The molecule has 0 fully saturated rings. The van der Waals surface area contributed by atoms with Gasteiger partial charge in [-0.1, -0.05) is 11.6 Å². The molecular weight excluding hydrogens is 295 g/mol. The lowest BCUT2D eigenvalue weighted by Crippen LogP contribution is -2.28. The van der Waals surface area contributed by atoms with Crippen LogP contribution in [0.3, 0.4) is 0 Å². The predicted molar refractivity (Wildman–Crippen MR) is 70.9 cm³/mol. The molecule has 5 nitrogen and oxygen atoms in total. The van der Waals surface area contributed by atoms with E-state index in [9.17, 15) is 12.8 Å². The van der Waals surface area contributed by atoms with Gasteiger partial charge in [0.1, 0.15) is 10.7 Å². The monoisotopic (exact) mass is 310 g/mol. The number of benzene rings is 1. The molecule has 0 aliphatic rings. The molecule has 0 bridgehead atoms. The van der Waals surface area contributed by atoms with Crippen LogP contribution in [0.5, 0.6) is 0 Å². The molecule has 0 aliphatic carbocycles. The minimum atomic E-state index is -3.86. The Morgan fingerprint density at radius 1 is 1.47 bits per heavy atom. The zero-order chi connectivity index (χ0) is 14.5. The van der Waals surface area contributed by atoms with Crippen LogP contribution >= 0.6 is 11.6 Å². The molecule has 1 rings (SSSR count). The lowest BCUT2D eigenvalue weighted by molar-refractivity contribution is -0.109. The minimum absolute atomic E-state index is 0.151. The average Bonchev–Trinajstić information content (AvgIpc) is 2.33. The highest BCUT2D eigenvalue weighted by atomic mass is 35.5. The Morgan fingerprint density at radius 3 is 2.74 bits per heavy atom. The highest BCUT2D eigenvalue weighted by molar-refractivity contribution is 7.89. The molecule has 0 saturated heterocycles. The van der Waals surface area contributed by atoms with Crippen LogP contribution < -0.4 is 4.72 Å². The van der Waals surface area contributed by atoms with E-state index in [2.05, 4.69) is 4.72 Å². The molecule has 0 unspecified atom stereocenters. The number of sulfonamides is 1. The summed E-state index contributed by atoms with van der Waals surface area (Å²) in [7, 11) is -0.605. The number of halogens is 2. The Hall–Kier alpha value is -0.730. The highest BCUT2D eigenvalue weighted by Gasteiger charge is 2.18. The smallest absolute Gasteiger partial charge is 0.243 e. The van der Waals surface area contributed by atoms with Crippen molar-refractivity contribution in [1.82, 2.24) is 9.79 Å². The molecule has 0 radical (unpaired) electrons. The zero-order valence-electron chi connectivity index (χ0n) is 10.7. The van der Waals surface area contributed by atoms with Crippen LogP contribution in [0, 0.1) is 5.82 Å². The maximum absolute atomic E-state index is 13.5. The van der Waals surface area contributed by atoms with Crippen LogP contribution in [0.2, 0.25) is 5.02 Å². The third-order valence-electron chi connectivity index (χ3n) is 2.44. The van der Waals surface area contributed by atoms with Crippen LogP contribution in [0.25, 0.3) is 0 Å². The fraction of sp³-hybridized carbons (Fsp3) is 0.455. The lowest BCUT2D eigenvalue weighted by atomic mass is 10.3. The SMILES string of the molecule is CON(C)CCCNS(=O)(=O)c1ccc(Cl)cc1F. The van der Waals surface area contributed by atoms with Crippen LogP contribution in [0.4, 0.5) is 4.39 Å². The van der Waals surface area contributed by atoms with Gasteiger partial charge in [0.05, 0.1) is 7.11 Å². The van der Waals surface area contributed by atoms with E-state index in [1.165, 1.54) is 13.2 Å². The van der Waals surface area contributed by atoms with E-state index in [4.69, 9.17) is 16.4 Å². The summed E-state index contributed by atoms with van der Waals surface area (Å²) in [4.78, 5) is 4.48. The fourth-order valence-corrected chi connectivity index (χ4v) is 2.66. The van der Waals surface area contributed by atoms with E-state index in [0.29, 0.717) is 13.0 Å². The molecule has 0 aliphatic heterocycles. The summed E-state index contributed by atoms with van der Waals surface area (Å²) >= 11 is 5.57. The van der Waals surface area contributed by atoms with Gasteiger partial charge in [0.25, 0.3) is 0 Å². The summed E-state index contributed by atoms with van der Waals surface area (Å²) in [5.41, 5.74) is 0. The molecule has 0 spiro atoms.